The number of carbonyl (C=O) groups excluding carboxylic acids is 1. The van der Waals surface area contributed by atoms with Crippen molar-refractivity contribution in [2.75, 3.05) is 46.3 Å². The van der Waals surface area contributed by atoms with E-state index in [0.717, 1.165) is 38.2 Å². The van der Waals surface area contributed by atoms with Crippen LogP contribution in [0.15, 0.2) is 30.3 Å². The second-order valence-corrected chi connectivity index (χ2v) is 5.59. The smallest absolute Gasteiger partial charge is 0.241 e. The number of amides is 1. The van der Waals surface area contributed by atoms with Crippen LogP contribution in [0.2, 0.25) is 0 Å². The molecule has 1 aromatic carbocycles. The topological polar surface area (TPSA) is 61.6 Å². The second-order valence-electron chi connectivity index (χ2n) is 5.59. The fraction of sp³-hybridized carbons (Fsp3) is 0.562. The van der Waals surface area contributed by atoms with Crippen molar-refractivity contribution >= 4 is 30.7 Å². The monoisotopic (exact) mass is 362 g/mol. The van der Waals surface area contributed by atoms with Crippen molar-refractivity contribution < 1.29 is 4.79 Å². The number of piperazine rings is 1. The third kappa shape index (κ3) is 6.65. The molecular weight excluding hydrogens is 335 g/mol. The fourth-order valence-electron chi connectivity index (χ4n) is 2.65. The Kier molecular flexibility index (Phi) is 11.2. The van der Waals surface area contributed by atoms with Crippen molar-refractivity contribution in [2.45, 2.75) is 12.5 Å². The first-order chi connectivity index (χ1) is 10.2. The van der Waals surface area contributed by atoms with Crippen LogP contribution in [0.3, 0.4) is 0 Å². The van der Waals surface area contributed by atoms with E-state index >= 15 is 0 Å². The van der Waals surface area contributed by atoms with Crippen LogP contribution >= 0.6 is 24.8 Å². The molecule has 0 saturated carbocycles. The van der Waals surface area contributed by atoms with Crippen LogP contribution in [-0.2, 0) is 4.79 Å². The molecule has 1 atom stereocenters. The lowest BCUT2D eigenvalue weighted by Crippen LogP contribution is -2.50. The zero-order valence-corrected chi connectivity index (χ0v) is 15.2. The van der Waals surface area contributed by atoms with Crippen LogP contribution in [0, 0.1) is 0 Å². The highest BCUT2D eigenvalue weighted by molar-refractivity contribution is 5.85. The molecule has 0 bridgehead atoms. The summed E-state index contributed by atoms with van der Waals surface area (Å²) in [5, 5.41) is 3.02. The molecule has 1 saturated heterocycles. The van der Waals surface area contributed by atoms with Gasteiger partial charge in [0.15, 0.2) is 0 Å². The Morgan fingerprint density at radius 2 is 1.78 bits per heavy atom. The molecule has 0 radical (unpaired) electrons. The second kappa shape index (κ2) is 11.6. The van der Waals surface area contributed by atoms with Gasteiger partial charge in [-0.3, -0.25) is 9.69 Å². The van der Waals surface area contributed by atoms with Gasteiger partial charge in [0, 0.05) is 32.7 Å². The van der Waals surface area contributed by atoms with E-state index in [9.17, 15) is 4.79 Å². The lowest BCUT2D eigenvalue weighted by Gasteiger charge is -2.37. The summed E-state index contributed by atoms with van der Waals surface area (Å²) in [5.41, 5.74) is 6.56. The maximum atomic E-state index is 12.6. The molecule has 23 heavy (non-hydrogen) atoms. The highest BCUT2D eigenvalue weighted by atomic mass is 35.5. The summed E-state index contributed by atoms with van der Waals surface area (Å²) in [6.45, 7) is 5.08. The van der Waals surface area contributed by atoms with Crippen LogP contribution in [0.25, 0.3) is 0 Å². The summed E-state index contributed by atoms with van der Waals surface area (Å²) in [5.74, 6) is 0.0826. The van der Waals surface area contributed by atoms with E-state index in [1.807, 2.05) is 30.3 Å². The number of halogens is 2. The summed E-state index contributed by atoms with van der Waals surface area (Å²) in [7, 11) is 2.12. The molecule has 1 unspecified atom stereocenters. The quantitative estimate of drug-likeness (QED) is 0.748. The molecule has 1 aromatic rings. The van der Waals surface area contributed by atoms with Gasteiger partial charge in [-0.1, -0.05) is 30.3 Å². The maximum Gasteiger partial charge on any atom is 0.241 e. The van der Waals surface area contributed by atoms with Gasteiger partial charge in [0.1, 0.15) is 6.04 Å². The molecule has 1 aliphatic rings. The van der Waals surface area contributed by atoms with Crippen molar-refractivity contribution in [3.63, 3.8) is 0 Å². The lowest BCUT2D eigenvalue weighted by atomic mass is 10.0. The summed E-state index contributed by atoms with van der Waals surface area (Å²) < 4.78 is 0. The third-order valence-electron chi connectivity index (χ3n) is 3.95. The number of nitrogens with zero attached hydrogens (tertiary/aromatic N) is 2. The fourth-order valence-corrected chi connectivity index (χ4v) is 2.65. The molecule has 1 heterocycles. The van der Waals surface area contributed by atoms with Gasteiger partial charge < -0.3 is 16.0 Å². The maximum absolute atomic E-state index is 12.6. The summed E-state index contributed by atoms with van der Waals surface area (Å²) in [6, 6.07) is 9.84. The normalized spacial score (nSPS) is 16.8. The minimum atomic E-state index is -0.197. The van der Waals surface area contributed by atoms with Crippen LogP contribution in [0.4, 0.5) is 0 Å². The van der Waals surface area contributed by atoms with E-state index in [2.05, 4.69) is 22.2 Å². The van der Waals surface area contributed by atoms with Crippen LogP contribution < -0.4 is 11.1 Å². The lowest BCUT2D eigenvalue weighted by molar-refractivity contribution is -0.127. The molecular formula is C16H28Cl2N4O. The number of rotatable bonds is 6. The number of hydrogen-bond acceptors (Lipinski definition) is 4. The Labute approximate surface area is 151 Å². The molecule has 0 aromatic heterocycles. The SMILES string of the molecule is CN1CCN(C(C(=O)NCCCN)c2ccccc2)CC1.Cl.Cl. The Hall–Kier alpha value is -0.850. The van der Waals surface area contributed by atoms with Gasteiger partial charge >= 0.3 is 0 Å². The standard InChI is InChI=1S/C16H26N4O.2ClH/c1-19-10-12-20(13-11-19)15(14-6-3-2-4-7-14)16(21)18-9-5-8-17;;/h2-4,6-7,15H,5,8-13,17H2,1H3,(H,18,21);2*1H. The largest absolute Gasteiger partial charge is 0.354 e. The van der Waals surface area contributed by atoms with Gasteiger partial charge in [0.05, 0.1) is 0 Å². The van der Waals surface area contributed by atoms with Gasteiger partial charge in [-0.2, -0.15) is 0 Å². The number of carbonyl (C=O) groups is 1. The van der Waals surface area contributed by atoms with E-state index in [0.29, 0.717) is 13.1 Å². The van der Waals surface area contributed by atoms with Gasteiger partial charge in [-0.25, -0.2) is 0 Å². The van der Waals surface area contributed by atoms with Crippen molar-refractivity contribution in [1.82, 2.24) is 15.1 Å². The number of nitrogens with one attached hydrogen (secondary N) is 1. The minimum Gasteiger partial charge on any atom is -0.354 e. The van der Waals surface area contributed by atoms with Gasteiger partial charge in [-0.15, -0.1) is 24.8 Å². The summed E-state index contributed by atoms with van der Waals surface area (Å²) in [4.78, 5) is 17.2. The Balaban J connectivity index is 0.00000242. The highest BCUT2D eigenvalue weighted by Gasteiger charge is 2.29. The molecule has 5 nitrogen and oxygen atoms in total. The van der Waals surface area contributed by atoms with E-state index in [1.165, 1.54) is 0 Å². The average molecular weight is 363 g/mol. The van der Waals surface area contributed by atoms with E-state index < -0.39 is 0 Å². The number of benzene rings is 1. The predicted molar refractivity (Wildman–Crippen MR) is 99.4 cm³/mol. The van der Waals surface area contributed by atoms with Gasteiger partial charge in [-0.05, 0) is 25.6 Å². The summed E-state index contributed by atoms with van der Waals surface area (Å²) >= 11 is 0. The Bertz CT molecular complexity index is 439. The molecule has 1 fully saturated rings. The minimum absolute atomic E-state index is 0. The molecule has 3 N–H and O–H groups in total. The summed E-state index contributed by atoms with van der Waals surface area (Å²) in [6.07, 6.45) is 0.815. The van der Waals surface area contributed by atoms with Gasteiger partial charge in [0.25, 0.3) is 0 Å². The zero-order chi connectivity index (χ0) is 15.1. The van der Waals surface area contributed by atoms with E-state index in [4.69, 9.17) is 5.73 Å². The zero-order valence-electron chi connectivity index (χ0n) is 13.6. The molecule has 1 aliphatic heterocycles. The average Bonchev–Trinajstić information content (AvgIpc) is 2.51. The number of hydrogen-bond donors (Lipinski definition) is 2. The first kappa shape index (κ1) is 22.1. The Morgan fingerprint density at radius 1 is 1.17 bits per heavy atom. The van der Waals surface area contributed by atoms with Crippen molar-refractivity contribution in [2.24, 2.45) is 5.73 Å². The molecule has 1 amide bonds. The number of likely N-dealkylation sites (N-methyl/N-ethyl adjacent to an activating group) is 1. The van der Waals surface area contributed by atoms with Gasteiger partial charge in [0.2, 0.25) is 5.91 Å². The van der Waals surface area contributed by atoms with Crippen molar-refractivity contribution in [1.29, 1.82) is 0 Å². The van der Waals surface area contributed by atoms with E-state index in [1.54, 1.807) is 0 Å². The molecule has 0 aliphatic carbocycles. The Morgan fingerprint density at radius 3 is 2.35 bits per heavy atom. The first-order valence-corrected chi connectivity index (χ1v) is 7.67. The molecule has 132 valence electrons. The van der Waals surface area contributed by atoms with Crippen molar-refractivity contribution in [3.8, 4) is 0 Å². The van der Waals surface area contributed by atoms with Crippen LogP contribution in [0.5, 0.6) is 0 Å². The molecule has 0 spiro atoms. The first-order valence-electron chi connectivity index (χ1n) is 7.67. The molecule has 2 rings (SSSR count). The third-order valence-corrected chi connectivity index (χ3v) is 3.95. The molecule has 7 heteroatoms. The van der Waals surface area contributed by atoms with Crippen LogP contribution in [-0.4, -0.2) is 62.0 Å². The van der Waals surface area contributed by atoms with Crippen molar-refractivity contribution in [3.05, 3.63) is 35.9 Å². The van der Waals surface area contributed by atoms with Crippen LogP contribution in [0.1, 0.15) is 18.0 Å². The highest BCUT2D eigenvalue weighted by Crippen LogP contribution is 2.22. The number of nitrogens with two attached hydrogens (primary N) is 1. The predicted octanol–water partition coefficient (Wildman–Crippen LogP) is 1.28. The van der Waals surface area contributed by atoms with E-state index in [-0.39, 0.29) is 36.8 Å².